The number of piperazine rings is 1. The number of hydrogen-bond acceptors (Lipinski definition) is 4. The quantitative estimate of drug-likeness (QED) is 0.416. The predicted molar refractivity (Wildman–Crippen MR) is 139 cm³/mol. The Hall–Kier alpha value is -1.90. The maximum atomic E-state index is 9.85. The number of benzene rings is 2. The summed E-state index contributed by atoms with van der Waals surface area (Å²) < 4.78 is 0. The van der Waals surface area contributed by atoms with Crippen LogP contribution in [0.25, 0.3) is 0 Å². The predicted octanol–water partition coefficient (Wildman–Crippen LogP) is 5.09. The van der Waals surface area contributed by atoms with Gasteiger partial charge < -0.3 is 10.0 Å². The summed E-state index contributed by atoms with van der Waals surface area (Å²) in [5.74, 6) is 3.22. The molecule has 0 aromatic heterocycles. The number of nitrogens with zero attached hydrogens (tertiary/aromatic N) is 3. The van der Waals surface area contributed by atoms with Gasteiger partial charge >= 0.3 is 0 Å². The first-order valence-electron chi connectivity index (χ1n) is 11.9. The number of halogens is 2. The number of hydrogen-bond donors (Lipinski definition) is 1. The van der Waals surface area contributed by atoms with Gasteiger partial charge in [0.15, 0.2) is 0 Å². The van der Waals surface area contributed by atoms with Gasteiger partial charge in [-0.25, -0.2) is 0 Å². The standard InChI is InChI=1S/C27H33Cl2N3O/c1-2-12-31(23-10-8-21-9-11-24(33)20-22(21)19-23)14-4-3-13-30-15-17-32(18-16-30)26-7-5-6-25(28)27(26)29/h1,5-7,9,11,20,23,33H,3-4,8,10,12-19H2. The average Bonchev–Trinajstić information content (AvgIpc) is 2.83. The van der Waals surface area contributed by atoms with Crippen LogP contribution in [0.2, 0.25) is 10.0 Å². The van der Waals surface area contributed by atoms with E-state index in [1.54, 1.807) is 6.07 Å². The Balaban J connectivity index is 1.21. The van der Waals surface area contributed by atoms with Crippen LogP contribution in [0.5, 0.6) is 5.75 Å². The lowest BCUT2D eigenvalue weighted by Crippen LogP contribution is -2.47. The number of phenolic OH excluding ortho intramolecular Hbond substituents is 1. The smallest absolute Gasteiger partial charge is 0.115 e. The van der Waals surface area contributed by atoms with Gasteiger partial charge in [0.1, 0.15) is 5.75 Å². The van der Waals surface area contributed by atoms with E-state index in [1.165, 1.54) is 17.5 Å². The Morgan fingerprint density at radius 3 is 2.67 bits per heavy atom. The van der Waals surface area contributed by atoms with E-state index in [-0.39, 0.29) is 0 Å². The molecule has 1 heterocycles. The van der Waals surface area contributed by atoms with Gasteiger partial charge in [0.25, 0.3) is 0 Å². The highest BCUT2D eigenvalue weighted by Crippen LogP contribution is 2.33. The van der Waals surface area contributed by atoms with Crippen LogP contribution >= 0.6 is 23.2 Å². The third kappa shape index (κ3) is 6.16. The van der Waals surface area contributed by atoms with Gasteiger partial charge in [-0.15, -0.1) is 6.42 Å². The number of aryl methyl sites for hydroxylation is 1. The molecule has 33 heavy (non-hydrogen) atoms. The van der Waals surface area contributed by atoms with E-state index in [1.807, 2.05) is 18.2 Å². The highest BCUT2D eigenvalue weighted by molar-refractivity contribution is 6.43. The minimum absolute atomic E-state index is 0.357. The molecule has 4 nitrogen and oxygen atoms in total. The zero-order chi connectivity index (χ0) is 23.2. The van der Waals surface area contributed by atoms with Crippen molar-refractivity contribution < 1.29 is 5.11 Å². The highest BCUT2D eigenvalue weighted by atomic mass is 35.5. The monoisotopic (exact) mass is 485 g/mol. The van der Waals surface area contributed by atoms with Gasteiger partial charge in [0, 0.05) is 32.2 Å². The van der Waals surface area contributed by atoms with Crippen LogP contribution in [-0.4, -0.2) is 66.8 Å². The summed E-state index contributed by atoms with van der Waals surface area (Å²) in [5, 5.41) is 11.1. The Kier molecular flexibility index (Phi) is 8.44. The summed E-state index contributed by atoms with van der Waals surface area (Å²) in [4.78, 5) is 7.34. The Morgan fingerprint density at radius 1 is 1.06 bits per heavy atom. The van der Waals surface area contributed by atoms with Gasteiger partial charge in [0.2, 0.25) is 0 Å². The molecule has 0 radical (unpaired) electrons. The van der Waals surface area contributed by atoms with Gasteiger partial charge in [-0.3, -0.25) is 9.80 Å². The van der Waals surface area contributed by atoms with Crippen LogP contribution in [0, 0.1) is 12.3 Å². The average molecular weight is 486 g/mol. The zero-order valence-corrected chi connectivity index (χ0v) is 20.7. The molecule has 0 bridgehead atoms. The molecule has 1 atom stereocenters. The minimum Gasteiger partial charge on any atom is -0.508 e. The van der Waals surface area contributed by atoms with E-state index in [2.05, 4.69) is 32.8 Å². The number of rotatable bonds is 8. The third-order valence-electron chi connectivity index (χ3n) is 7.02. The van der Waals surface area contributed by atoms with Gasteiger partial charge in [-0.1, -0.05) is 41.3 Å². The van der Waals surface area contributed by atoms with Crippen molar-refractivity contribution in [2.75, 3.05) is 50.7 Å². The summed E-state index contributed by atoms with van der Waals surface area (Å²) in [7, 11) is 0. The van der Waals surface area contributed by atoms with Crippen molar-refractivity contribution in [3.63, 3.8) is 0 Å². The Morgan fingerprint density at radius 2 is 1.88 bits per heavy atom. The summed E-state index contributed by atoms with van der Waals surface area (Å²) in [6, 6.07) is 12.1. The summed E-state index contributed by atoms with van der Waals surface area (Å²) in [6.07, 6.45) is 11.2. The fraction of sp³-hybridized carbons (Fsp3) is 0.481. The number of phenols is 1. The lowest BCUT2D eigenvalue weighted by Gasteiger charge is -2.37. The molecule has 1 unspecified atom stereocenters. The maximum Gasteiger partial charge on any atom is 0.115 e. The lowest BCUT2D eigenvalue weighted by atomic mass is 9.87. The number of aromatic hydroxyl groups is 1. The fourth-order valence-corrected chi connectivity index (χ4v) is 5.56. The normalized spacial score (nSPS) is 18.8. The second-order valence-electron chi connectivity index (χ2n) is 9.13. The molecule has 1 aliphatic carbocycles. The molecule has 2 aliphatic rings. The number of unbranched alkanes of at least 4 members (excludes halogenated alkanes) is 1. The molecule has 1 fully saturated rings. The first-order valence-corrected chi connectivity index (χ1v) is 12.7. The van der Waals surface area contributed by atoms with Crippen LogP contribution in [-0.2, 0) is 12.8 Å². The minimum atomic E-state index is 0.357. The Labute approximate surface area is 208 Å². The van der Waals surface area contributed by atoms with E-state index in [4.69, 9.17) is 29.6 Å². The third-order valence-corrected chi connectivity index (χ3v) is 7.83. The lowest BCUT2D eigenvalue weighted by molar-refractivity contribution is 0.190. The topological polar surface area (TPSA) is 30.0 Å². The van der Waals surface area contributed by atoms with Crippen molar-refractivity contribution in [3.8, 4) is 18.1 Å². The van der Waals surface area contributed by atoms with E-state index >= 15 is 0 Å². The molecular formula is C27H33Cl2N3O. The van der Waals surface area contributed by atoms with E-state index in [9.17, 15) is 5.11 Å². The van der Waals surface area contributed by atoms with E-state index < -0.39 is 0 Å². The largest absolute Gasteiger partial charge is 0.508 e. The molecular weight excluding hydrogens is 453 g/mol. The highest BCUT2D eigenvalue weighted by Gasteiger charge is 2.24. The molecule has 6 heteroatoms. The van der Waals surface area contributed by atoms with Crippen LogP contribution < -0.4 is 4.90 Å². The second-order valence-corrected chi connectivity index (χ2v) is 9.92. The van der Waals surface area contributed by atoms with Crippen molar-refractivity contribution in [1.82, 2.24) is 9.80 Å². The summed E-state index contributed by atoms with van der Waals surface area (Å²) in [5.41, 5.74) is 3.67. The SMILES string of the molecule is C#CCN(CCCCN1CCN(c2cccc(Cl)c2Cl)CC1)C1CCc2ccc(O)cc2C1. The van der Waals surface area contributed by atoms with Crippen molar-refractivity contribution in [3.05, 3.63) is 57.6 Å². The maximum absolute atomic E-state index is 9.85. The molecule has 1 aliphatic heterocycles. The molecule has 4 rings (SSSR count). The van der Waals surface area contributed by atoms with Crippen LogP contribution in [0.4, 0.5) is 5.69 Å². The van der Waals surface area contributed by atoms with Crippen molar-refractivity contribution >= 4 is 28.9 Å². The van der Waals surface area contributed by atoms with Crippen LogP contribution in [0.1, 0.15) is 30.4 Å². The molecule has 2 aromatic rings. The molecule has 1 N–H and O–H groups in total. The van der Waals surface area contributed by atoms with E-state index in [0.717, 1.165) is 70.6 Å². The molecule has 0 saturated carbocycles. The van der Waals surface area contributed by atoms with E-state index in [0.29, 0.717) is 28.4 Å². The van der Waals surface area contributed by atoms with Crippen molar-refractivity contribution in [2.24, 2.45) is 0 Å². The summed E-state index contributed by atoms with van der Waals surface area (Å²) >= 11 is 12.6. The van der Waals surface area contributed by atoms with Gasteiger partial charge in [-0.2, -0.15) is 0 Å². The molecule has 2 aromatic carbocycles. The molecule has 1 saturated heterocycles. The number of fused-ring (bicyclic) bond motifs is 1. The summed E-state index contributed by atoms with van der Waals surface area (Å²) in [6.45, 7) is 6.86. The number of anilines is 1. The molecule has 176 valence electrons. The van der Waals surface area contributed by atoms with Crippen molar-refractivity contribution in [2.45, 2.75) is 38.1 Å². The number of terminal acetylenes is 1. The Bertz CT molecular complexity index is 982. The first kappa shape index (κ1) is 24.2. The molecule has 0 amide bonds. The fourth-order valence-electron chi connectivity index (χ4n) is 5.14. The second kappa shape index (κ2) is 11.5. The molecule has 0 spiro atoms. The van der Waals surface area contributed by atoms with Crippen LogP contribution in [0.15, 0.2) is 36.4 Å². The zero-order valence-electron chi connectivity index (χ0n) is 19.1. The van der Waals surface area contributed by atoms with Crippen LogP contribution in [0.3, 0.4) is 0 Å². The first-order chi connectivity index (χ1) is 16.0. The van der Waals surface area contributed by atoms with Gasteiger partial charge in [0.05, 0.1) is 22.3 Å². The van der Waals surface area contributed by atoms with Gasteiger partial charge in [-0.05, 0) is 80.6 Å². The van der Waals surface area contributed by atoms with Crippen molar-refractivity contribution in [1.29, 1.82) is 0 Å².